The molecule has 0 heterocycles. The molecule has 1 fully saturated rings. The van der Waals surface area contributed by atoms with E-state index >= 15 is 0 Å². The van der Waals surface area contributed by atoms with E-state index in [1.54, 1.807) is 0 Å². The number of carbonyl (C=O) groups is 1. The maximum absolute atomic E-state index is 11.6. The molecule has 80 valence electrons. The van der Waals surface area contributed by atoms with Crippen molar-refractivity contribution in [2.45, 2.75) is 25.8 Å². The molecule has 2 atom stereocenters. The fourth-order valence-electron chi connectivity index (χ4n) is 1.65. The Morgan fingerprint density at radius 3 is 2.80 bits per heavy atom. The van der Waals surface area contributed by atoms with E-state index in [1.807, 2.05) is 24.3 Å². The largest absolute Gasteiger partial charge is 0.398 e. The molecule has 0 saturated heterocycles. The lowest BCUT2D eigenvalue weighted by Crippen LogP contribution is -2.28. The Morgan fingerprint density at radius 1 is 1.53 bits per heavy atom. The van der Waals surface area contributed by atoms with E-state index in [0.29, 0.717) is 24.1 Å². The van der Waals surface area contributed by atoms with E-state index in [-0.39, 0.29) is 5.91 Å². The first-order chi connectivity index (χ1) is 7.16. The summed E-state index contributed by atoms with van der Waals surface area (Å²) in [7, 11) is 0. The van der Waals surface area contributed by atoms with Gasteiger partial charge >= 0.3 is 0 Å². The van der Waals surface area contributed by atoms with E-state index in [2.05, 4.69) is 12.2 Å². The summed E-state index contributed by atoms with van der Waals surface area (Å²) in [6.45, 7) is 2.14. The third-order valence-electron chi connectivity index (χ3n) is 2.86. The molecule has 1 saturated carbocycles. The van der Waals surface area contributed by atoms with Crippen molar-refractivity contribution in [2.24, 2.45) is 5.92 Å². The van der Waals surface area contributed by atoms with Crippen LogP contribution in [0, 0.1) is 5.92 Å². The summed E-state index contributed by atoms with van der Waals surface area (Å²) in [5, 5.41) is 2.98. The van der Waals surface area contributed by atoms with Crippen molar-refractivity contribution in [3.63, 3.8) is 0 Å². The van der Waals surface area contributed by atoms with E-state index < -0.39 is 0 Å². The molecule has 0 bridgehead atoms. The summed E-state index contributed by atoms with van der Waals surface area (Å²) in [5.41, 5.74) is 7.36. The van der Waals surface area contributed by atoms with Gasteiger partial charge < -0.3 is 11.1 Å². The van der Waals surface area contributed by atoms with Crippen LogP contribution in [0.3, 0.4) is 0 Å². The summed E-state index contributed by atoms with van der Waals surface area (Å²) < 4.78 is 0. The fraction of sp³-hybridized carbons (Fsp3) is 0.417. The Balaban J connectivity index is 1.91. The van der Waals surface area contributed by atoms with Gasteiger partial charge in [0, 0.05) is 11.7 Å². The maximum atomic E-state index is 11.6. The number of nitrogens with two attached hydrogens (primary N) is 1. The molecule has 1 aliphatic rings. The van der Waals surface area contributed by atoms with Crippen LogP contribution in [0.1, 0.15) is 18.9 Å². The predicted octanol–water partition coefficient (Wildman–Crippen LogP) is 1.34. The molecule has 0 aromatic heterocycles. The van der Waals surface area contributed by atoms with Gasteiger partial charge in [-0.05, 0) is 24.0 Å². The highest BCUT2D eigenvalue weighted by Gasteiger charge is 2.33. The number of rotatable bonds is 3. The number of anilines is 1. The fourth-order valence-corrected chi connectivity index (χ4v) is 1.65. The zero-order valence-corrected chi connectivity index (χ0v) is 8.86. The van der Waals surface area contributed by atoms with Crippen molar-refractivity contribution in [2.75, 3.05) is 5.73 Å². The Labute approximate surface area is 89.7 Å². The molecule has 3 N–H and O–H groups in total. The van der Waals surface area contributed by atoms with Gasteiger partial charge in [-0.3, -0.25) is 4.79 Å². The Hall–Kier alpha value is -1.51. The number of para-hydroxylation sites is 1. The highest BCUT2D eigenvalue weighted by molar-refractivity contribution is 5.80. The highest BCUT2D eigenvalue weighted by Crippen LogP contribution is 2.29. The van der Waals surface area contributed by atoms with Crippen molar-refractivity contribution in [3.05, 3.63) is 29.8 Å². The topological polar surface area (TPSA) is 55.1 Å². The Kier molecular flexibility index (Phi) is 2.62. The lowest BCUT2D eigenvalue weighted by molar-refractivity contribution is -0.120. The molecular formula is C12H16N2O. The van der Waals surface area contributed by atoms with Gasteiger partial charge in [0.1, 0.15) is 0 Å². The number of amides is 1. The van der Waals surface area contributed by atoms with Gasteiger partial charge in [0.2, 0.25) is 5.91 Å². The van der Waals surface area contributed by atoms with Crippen LogP contribution in [0.25, 0.3) is 0 Å². The molecule has 15 heavy (non-hydrogen) atoms. The maximum Gasteiger partial charge on any atom is 0.224 e. The number of nitrogen functional groups attached to an aromatic ring is 1. The van der Waals surface area contributed by atoms with E-state index in [0.717, 1.165) is 12.0 Å². The molecule has 1 amide bonds. The molecule has 0 spiro atoms. The molecule has 0 radical (unpaired) electrons. The number of hydrogen-bond acceptors (Lipinski definition) is 2. The van der Waals surface area contributed by atoms with Crippen LogP contribution in [0.5, 0.6) is 0 Å². The van der Waals surface area contributed by atoms with Gasteiger partial charge in [-0.2, -0.15) is 0 Å². The first kappa shape index (κ1) is 10.0. The monoisotopic (exact) mass is 204 g/mol. The molecular weight excluding hydrogens is 188 g/mol. The Bertz CT molecular complexity index is 376. The van der Waals surface area contributed by atoms with Crippen molar-refractivity contribution in [3.8, 4) is 0 Å². The van der Waals surface area contributed by atoms with Gasteiger partial charge in [-0.25, -0.2) is 0 Å². The average Bonchev–Trinajstić information content (AvgIpc) is 2.86. The summed E-state index contributed by atoms with van der Waals surface area (Å²) >= 11 is 0. The van der Waals surface area contributed by atoms with Crippen LogP contribution in [-0.4, -0.2) is 11.9 Å². The third kappa shape index (κ3) is 2.49. The first-order valence-electron chi connectivity index (χ1n) is 5.29. The third-order valence-corrected chi connectivity index (χ3v) is 2.86. The molecule has 0 aliphatic heterocycles. The van der Waals surface area contributed by atoms with E-state index in [9.17, 15) is 4.79 Å². The lowest BCUT2D eigenvalue weighted by atomic mass is 10.1. The van der Waals surface area contributed by atoms with Gasteiger partial charge in [0.15, 0.2) is 0 Å². The van der Waals surface area contributed by atoms with Crippen LogP contribution >= 0.6 is 0 Å². The van der Waals surface area contributed by atoms with Crippen molar-refractivity contribution in [1.82, 2.24) is 5.32 Å². The van der Waals surface area contributed by atoms with Crippen molar-refractivity contribution < 1.29 is 4.79 Å². The summed E-state index contributed by atoms with van der Waals surface area (Å²) in [4.78, 5) is 11.6. The summed E-state index contributed by atoms with van der Waals surface area (Å²) in [5.74, 6) is 0.712. The first-order valence-corrected chi connectivity index (χ1v) is 5.29. The van der Waals surface area contributed by atoms with Crippen LogP contribution in [0.4, 0.5) is 5.69 Å². The predicted molar refractivity (Wildman–Crippen MR) is 60.3 cm³/mol. The van der Waals surface area contributed by atoms with Crippen LogP contribution < -0.4 is 11.1 Å². The van der Waals surface area contributed by atoms with E-state index in [1.165, 1.54) is 0 Å². The number of carbonyl (C=O) groups excluding carboxylic acids is 1. The normalized spacial score (nSPS) is 23.5. The minimum absolute atomic E-state index is 0.0715. The lowest BCUT2D eigenvalue weighted by Gasteiger charge is -2.06. The van der Waals surface area contributed by atoms with Crippen LogP contribution in [0.15, 0.2) is 24.3 Å². The van der Waals surface area contributed by atoms with Gasteiger partial charge in [0.25, 0.3) is 0 Å². The molecule has 3 nitrogen and oxygen atoms in total. The summed E-state index contributed by atoms with van der Waals surface area (Å²) in [6, 6.07) is 7.88. The minimum atomic E-state index is 0.0715. The van der Waals surface area contributed by atoms with E-state index in [4.69, 9.17) is 5.73 Å². The smallest absolute Gasteiger partial charge is 0.224 e. The second-order valence-corrected chi connectivity index (χ2v) is 4.26. The molecule has 1 aromatic carbocycles. The zero-order chi connectivity index (χ0) is 10.8. The number of benzene rings is 1. The quantitative estimate of drug-likeness (QED) is 0.730. The molecule has 1 aromatic rings. The molecule has 1 aliphatic carbocycles. The van der Waals surface area contributed by atoms with Crippen LogP contribution in [-0.2, 0) is 11.2 Å². The highest BCUT2D eigenvalue weighted by atomic mass is 16.1. The molecule has 2 unspecified atom stereocenters. The SMILES string of the molecule is CC1CC1NC(=O)Cc1ccccc1N. The number of hydrogen-bond donors (Lipinski definition) is 2. The van der Waals surface area contributed by atoms with Crippen LogP contribution in [0.2, 0.25) is 0 Å². The van der Waals surface area contributed by atoms with Gasteiger partial charge in [-0.15, -0.1) is 0 Å². The summed E-state index contributed by atoms with van der Waals surface area (Å²) in [6.07, 6.45) is 1.49. The average molecular weight is 204 g/mol. The van der Waals surface area contributed by atoms with Crippen molar-refractivity contribution >= 4 is 11.6 Å². The number of nitrogens with one attached hydrogen (secondary N) is 1. The molecule has 2 rings (SSSR count). The second kappa shape index (κ2) is 3.93. The minimum Gasteiger partial charge on any atom is -0.398 e. The molecule has 3 heteroatoms. The van der Waals surface area contributed by atoms with Gasteiger partial charge in [0.05, 0.1) is 6.42 Å². The second-order valence-electron chi connectivity index (χ2n) is 4.26. The standard InChI is InChI=1S/C12H16N2O/c1-8-6-11(8)14-12(15)7-9-4-2-3-5-10(9)13/h2-5,8,11H,6-7,13H2,1H3,(H,14,15). The van der Waals surface area contributed by atoms with Gasteiger partial charge in [-0.1, -0.05) is 25.1 Å². The Morgan fingerprint density at radius 2 is 2.20 bits per heavy atom. The zero-order valence-electron chi connectivity index (χ0n) is 8.86. The van der Waals surface area contributed by atoms with Crippen molar-refractivity contribution in [1.29, 1.82) is 0 Å².